The van der Waals surface area contributed by atoms with Gasteiger partial charge in [0.2, 0.25) is 0 Å². The third-order valence-corrected chi connectivity index (χ3v) is 1.28. The number of para-hydroxylation sites is 1. The second-order valence-electron chi connectivity index (χ2n) is 2.21. The fraction of sp³-hybridized carbons (Fsp3) is 0.100. The van der Waals surface area contributed by atoms with Crippen molar-refractivity contribution < 1.29 is 9.53 Å². The molecule has 0 saturated heterocycles. The fourth-order valence-electron chi connectivity index (χ4n) is 0.737. The minimum atomic E-state index is 0.396. The Hall–Kier alpha value is -1.57. The summed E-state index contributed by atoms with van der Waals surface area (Å²) < 4.78 is 5.17. The molecule has 0 N–H and O–H groups in total. The van der Waals surface area contributed by atoms with E-state index >= 15 is 0 Å². The highest BCUT2D eigenvalue weighted by Crippen LogP contribution is 2.08. The van der Waals surface area contributed by atoms with Gasteiger partial charge in [0.1, 0.15) is 12.0 Å². The fourth-order valence-corrected chi connectivity index (χ4v) is 0.737. The highest BCUT2D eigenvalue weighted by molar-refractivity contribution is 5.51. The SMILES string of the molecule is O=CCC=COc1ccccc1. The summed E-state index contributed by atoms with van der Waals surface area (Å²) in [5.74, 6) is 0.777. The molecule has 0 bridgehead atoms. The molecule has 1 aromatic rings. The number of aldehydes is 1. The van der Waals surface area contributed by atoms with Crippen molar-refractivity contribution in [2.24, 2.45) is 0 Å². The van der Waals surface area contributed by atoms with Crippen LogP contribution in [0.25, 0.3) is 0 Å². The summed E-state index contributed by atoms with van der Waals surface area (Å²) in [6.45, 7) is 0. The molecule has 0 atom stereocenters. The molecule has 0 aliphatic rings. The van der Waals surface area contributed by atoms with Crippen LogP contribution in [-0.4, -0.2) is 6.29 Å². The average molecular weight is 162 g/mol. The van der Waals surface area contributed by atoms with E-state index in [4.69, 9.17) is 4.74 Å². The molecular weight excluding hydrogens is 152 g/mol. The van der Waals surface area contributed by atoms with Crippen LogP contribution in [-0.2, 0) is 4.79 Å². The van der Waals surface area contributed by atoms with Gasteiger partial charge in [-0.2, -0.15) is 0 Å². The molecule has 62 valence electrons. The number of hydrogen-bond donors (Lipinski definition) is 0. The van der Waals surface area contributed by atoms with E-state index in [2.05, 4.69) is 0 Å². The number of carbonyl (C=O) groups is 1. The number of benzene rings is 1. The number of allylic oxidation sites excluding steroid dienone is 1. The Labute approximate surface area is 71.5 Å². The van der Waals surface area contributed by atoms with Crippen LogP contribution in [0.2, 0.25) is 0 Å². The molecule has 0 amide bonds. The molecule has 0 aromatic heterocycles. The summed E-state index contributed by atoms with van der Waals surface area (Å²) in [4.78, 5) is 9.91. The number of rotatable bonds is 4. The standard InChI is InChI=1S/C10H10O2/c11-8-4-5-9-12-10-6-2-1-3-7-10/h1-3,5-9H,4H2. The highest BCUT2D eigenvalue weighted by Gasteiger charge is 1.84. The van der Waals surface area contributed by atoms with Gasteiger partial charge in [-0.1, -0.05) is 18.2 Å². The molecule has 0 unspecified atom stereocenters. The van der Waals surface area contributed by atoms with Gasteiger partial charge in [-0.15, -0.1) is 0 Å². The lowest BCUT2D eigenvalue weighted by Gasteiger charge is -1.96. The lowest BCUT2D eigenvalue weighted by atomic mass is 10.3. The first kappa shape index (κ1) is 8.53. The highest BCUT2D eigenvalue weighted by atomic mass is 16.5. The molecule has 1 rings (SSSR count). The molecule has 0 radical (unpaired) electrons. The summed E-state index contributed by atoms with van der Waals surface area (Å²) in [6, 6.07) is 9.41. The normalized spacial score (nSPS) is 10.0. The van der Waals surface area contributed by atoms with Crippen LogP contribution >= 0.6 is 0 Å². The van der Waals surface area contributed by atoms with E-state index in [1.165, 1.54) is 6.26 Å². The van der Waals surface area contributed by atoms with Crippen molar-refractivity contribution in [2.75, 3.05) is 0 Å². The molecule has 0 aliphatic heterocycles. The molecule has 0 heterocycles. The lowest BCUT2D eigenvalue weighted by molar-refractivity contribution is -0.107. The average Bonchev–Trinajstić information content (AvgIpc) is 2.14. The zero-order valence-corrected chi connectivity index (χ0v) is 6.64. The van der Waals surface area contributed by atoms with Crippen molar-refractivity contribution in [1.82, 2.24) is 0 Å². The van der Waals surface area contributed by atoms with Crippen molar-refractivity contribution in [3.8, 4) is 5.75 Å². The Kier molecular flexibility index (Phi) is 3.64. The Morgan fingerprint density at radius 1 is 1.25 bits per heavy atom. The van der Waals surface area contributed by atoms with E-state index in [-0.39, 0.29) is 0 Å². The van der Waals surface area contributed by atoms with Gasteiger partial charge in [0.05, 0.1) is 6.26 Å². The third kappa shape index (κ3) is 3.01. The van der Waals surface area contributed by atoms with Crippen LogP contribution in [0.5, 0.6) is 5.75 Å². The van der Waals surface area contributed by atoms with Crippen LogP contribution < -0.4 is 4.74 Å². The largest absolute Gasteiger partial charge is 0.465 e. The summed E-state index contributed by atoms with van der Waals surface area (Å²) in [5, 5.41) is 0. The van der Waals surface area contributed by atoms with Gasteiger partial charge in [0.25, 0.3) is 0 Å². The van der Waals surface area contributed by atoms with Crippen LogP contribution in [0.15, 0.2) is 42.7 Å². The van der Waals surface area contributed by atoms with Gasteiger partial charge in [-0.25, -0.2) is 0 Å². The molecule has 12 heavy (non-hydrogen) atoms. The topological polar surface area (TPSA) is 26.3 Å². The minimum absolute atomic E-state index is 0.396. The van der Waals surface area contributed by atoms with E-state index in [0.717, 1.165) is 12.0 Å². The predicted octanol–water partition coefficient (Wildman–Crippen LogP) is 2.17. The van der Waals surface area contributed by atoms with Crippen LogP contribution in [0.4, 0.5) is 0 Å². The molecular formula is C10H10O2. The summed E-state index contributed by atoms with van der Waals surface area (Å²) in [7, 11) is 0. The van der Waals surface area contributed by atoms with E-state index < -0.39 is 0 Å². The van der Waals surface area contributed by atoms with Crippen LogP contribution in [0.3, 0.4) is 0 Å². The Morgan fingerprint density at radius 3 is 2.67 bits per heavy atom. The maximum absolute atomic E-state index is 9.91. The maximum atomic E-state index is 9.91. The first-order valence-corrected chi connectivity index (χ1v) is 3.74. The Balaban J connectivity index is 2.38. The van der Waals surface area contributed by atoms with Crippen LogP contribution in [0.1, 0.15) is 6.42 Å². The second-order valence-corrected chi connectivity index (χ2v) is 2.21. The van der Waals surface area contributed by atoms with Gasteiger partial charge in [0.15, 0.2) is 0 Å². The minimum Gasteiger partial charge on any atom is -0.465 e. The van der Waals surface area contributed by atoms with Crippen molar-refractivity contribution in [1.29, 1.82) is 0 Å². The van der Waals surface area contributed by atoms with Crippen molar-refractivity contribution in [3.63, 3.8) is 0 Å². The Morgan fingerprint density at radius 2 is 2.00 bits per heavy atom. The number of carbonyl (C=O) groups excluding carboxylic acids is 1. The van der Waals surface area contributed by atoms with E-state index in [9.17, 15) is 4.79 Å². The Bertz CT molecular complexity index is 252. The first-order chi connectivity index (χ1) is 5.93. The molecule has 0 aliphatic carbocycles. The van der Waals surface area contributed by atoms with Gasteiger partial charge >= 0.3 is 0 Å². The van der Waals surface area contributed by atoms with E-state index in [1.807, 2.05) is 30.3 Å². The van der Waals surface area contributed by atoms with Crippen molar-refractivity contribution >= 4 is 6.29 Å². The quantitative estimate of drug-likeness (QED) is 0.501. The van der Waals surface area contributed by atoms with Gasteiger partial charge in [0, 0.05) is 6.42 Å². The van der Waals surface area contributed by atoms with Gasteiger partial charge < -0.3 is 9.53 Å². The van der Waals surface area contributed by atoms with Gasteiger partial charge in [-0.05, 0) is 18.2 Å². The zero-order chi connectivity index (χ0) is 8.65. The molecule has 0 saturated carbocycles. The van der Waals surface area contributed by atoms with Crippen molar-refractivity contribution in [3.05, 3.63) is 42.7 Å². The summed E-state index contributed by atoms with van der Waals surface area (Å²) >= 11 is 0. The molecule has 1 aromatic carbocycles. The predicted molar refractivity (Wildman–Crippen MR) is 46.9 cm³/mol. The maximum Gasteiger partial charge on any atom is 0.126 e. The van der Waals surface area contributed by atoms with Gasteiger partial charge in [-0.3, -0.25) is 0 Å². The lowest BCUT2D eigenvalue weighted by Crippen LogP contribution is -1.80. The second kappa shape index (κ2) is 5.13. The van der Waals surface area contributed by atoms with E-state index in [0.29, 0.717) is 6.42 Å². The first-order valence-electron chi connectivity index (χ1n) is 3.74. The molecule has 2 nitrogen and oxygen atoms in total. The summed E-state index contributed by atoms with van der Waals surface area (Å²) in [6.07, 6.45) is 4.40. The molecule has 2 heteroatoms. The van der Waals surface area contributed by atoms with E-state index in [1.54, 1.807) is 6.08 Å². The number of hydrogen-bond acceptors (Lipinski definition) is 2. The molecule has 0 spiro atoms. The third-order valence-electron chi connectivity index (χ3n) is 1.28. The molecule has 0 fully saturated rings. The number of ether oxygens (including phenoxy) is 1. The monoisotopic (exact) mass is 162 g/mol. The van der Waals surface area contributed by atoms with Crippen molar-refractivity contribution in [2.45, 2.75) is 6.42 Å². The smallest absolute Gasteiger partial charge is 0.126 e. The van der Waals surface area contributed by atoms with Crippen LogP contribution in [0, 0.1) is 0 Å². The summed E-state index contributed by atoms with van der Waals surface area (Å²) in [5.41, 5.74) is 0. The zero-order valence-electron chi connectivity index (χ0n) is 6.64.